The Morgan fingerprint density at radius 3 is 2.58 bits per heavy atom. The lowest BCUT2D eigenvalue weighted by Crippen LogP contribution is -1.97. The van der Waals surface area contributed by atoms with Gasteiger partial charge in [-0.1, -0.05) is 26.0 Å². The van der Waals surface area contributed by atoms with Gasteiger partial charge in [-0.15, -0.1) is 0 Å². The summed E-state index contributed by atoms with van der Waals surface area (Å²) < 4.78 is 0.977. The van der Waals surface area contributed by atoms with Gasteiger partial charge in [0.05, 0.1) is 5.69 Å². The van der Waals surface area contributed by atoms with E-state index in [1.54, 1.807) is 0 Å². The molecular weight excluding hydrogens is 300 g/mol. The first-order valence-electron chi connectivity index (χ1n) is 6.40. The van der Waals surface area contributed by atoms with E-state index >= 15 is 0 Å². The van der Waals surface area contributed by atoms with Crippen LogP contribution >= 0.6 is 15.9 Å². The molecule has 0 atom stereocenters. The van der Waals surface area contributed by atoms with Crippen molar-refractivity contribution in [2.45, 2.75) is 26.7 Å². The van der Waals surface area contributed by atoms with Gasteiger partial charge in [0, 0.05) is 15.8 Å². The van der Waals surface area contributed by atoms with Gasteiger partial charge in [0.1, 0.15) is 0 Å². The van der Waals surface area contributed by atoms with Crippen LogP contribution in [0.3, 0.4) is 0 Å². The van der Waals surface area contributed by atoms with E-state index in [1.165, 1.54) is 5.56 Å². The van der Waals surface area contributed by atoms with Crippen molar-refractivity contribution < 1.29 is 0 Å². The Balaban J connectivity index is 2.31. The number of nitrogens with one attached hydrogen (secondary N) is 1. The number of nitrogen functional groups attached to an aromatic ring is 1. The molecule has 0 fully saturated rings. The fourth-order valence-corrected chi connectivity index (χ4v) is 2.38. The summed E-state index contributed by atoms with van der Waals surface area (Å²) in [5, 5.41) is 3.43. The van der Waals surface area contributed by atoms with Gasteiger partial charge < -0.3 is 11.1 Å². The molecule has 0 aromatic heterocycles. The molecule has 0 aliphatic carbocycles. The average molecular weight is 319 g/mol. The maximum absolute atomic E-state index is 5.89. The minimum Gasteiger partial charge on any atom is -0.398 e. The summed E-state index contributed by atoms with van der Waals surface area (Å²) in [7, 11) is 0. The first-order valence-corrected chi connectivity index (χ1v) is 7.19. The first kappa shape index (κ1) is 13.9. The van der Waals surface area contributed by atoms with E-state index in [0.29, 0.717) is 5.92 Å². The molecule has 2 aromatic rings. The van der Waals surface area contributed by atoms with Crippen LogP contribution in [0.15, 0.2) is 40.9 Å². The number of rotatable bonds is 3. The summed E-state index contributed by atoms with van der Waals surface area (Å²) in [6.07, 6.45) is 0. The van der Waals surface area contributed by atoms with Crippen LogP contribution in [0.4, 0.5) is 17.1 Å². The second-order valence-corrected chi connectivity index (χ2v) is 5.95. The summed E-state index contributed by atoms with van der Waals surface area (Å²) >= 11 is 3.54. The van der Waals surface area contributed by atoms with Crippen LogP contribution in [-0.2, 0) is 0 Å². The van der Waals surface area contributed by atoms with E-state index in [2.05, 4.69) is 65.4 Å². The maximum Gasteiger partial charge on any atom is 0.0532 e. The molecule has 2 rings (SSSR count). The molecule has 0 saturated heterocycles. The number of hydrogen-bond acceptors (Lipinski definition) is 2. The monoisotopic (exact) mass is 318 g/mol. The van der Waals surface area contributed by atoms with Gasteiger partial charge in [-0.3, -0.25) is 0 Å². The molecule has 0 aliphatic rings. The third-order valence-electron chi connectivity index (χ3n) is 3.19. The summed E-state index contributed by atoms with van der Waals surface area (Å²) in [6.45, 7) is 6.41. The highest BCUT2D eigenvalue weighted by atomic mass is 79.9. The summed E-state index contributed by atoms with van der Waals surface area (Å²) in [6, 6.07) is 12.5. The van der Waals surface area contributed by atoms with E-state index in [1.807, 2.05) is 13.0 Å². The third kappa shape index (κ3) is 3.29. The van der Waals surface area contributed by atoms with Crippen molar-refractivity contribution in [1.82, 2.24) is 0 Å². The molecule has 0 bridgehead atoms. The van der Waals surface area contributed by atoms with Crippen LogP contribution in [0, 0.1) is 6.92 Å². The molecule has 2 nitrogen and oxygen atoms in total. The zero-order valence-electron chi connectivity index (χ0n) is 11.5. The van der Waals surface area contributed by atoms with E-state index in [4.69, 9.17) is 5.73 Å². The van der Waals surface area contributed by atoms with Crippen LogP contribution in [0.5, 0.6) is 0 Å². The lowest BCUT2D eigenvalue weighted by molar-refractivity contribution is 0.867. The fourth-order valence-electron chi connectivity index (χ4n) is 1.92. The smallest absolute Gasteiger partial charge is 0.0532 e. The molecule has 0 heterocycles. The number of halogens is 1. The summed E-state index contributed by atoms with van der Waals surface area (Å²) in [5.74, 6) is 0.526. The lowest BCUT2D eigenvalue weighted by atomic mass is 10.0. The zero-order chi connectivity index (χ0) is 14.0. The Labute approximate surface area is 123 Å². The third-order valence-corrected chi connectivity index (χ3v) is 3.84. The highest BCUT2D eigenvalue weighted by Crippen LogP contribution is 2.31. The molecule has 3 heteroatoms. The predicted molar refractivity (Wildman–Crippen MR) is 87.1 cm³/mol. The molecule has 2 aromatic carbocycles. The summed E-state index contributed by atoms with van der Waals surface area (Å²) in [4.78, 5) is 0. The maximum atomic E-state index is 5.89. The van der Waals surface area contributed by atoms with Crippen LogP contribution in [0.2, 0.25) is 0 Å². The quantitative estimate of drug-likeness (QED) is 0.762. The van der Waals surface area contributed by atoms with Gasteiger partial charge in [-0.05, 0) is 64.2 Å². The number of nitrogens with two attached hydrogens (primary N) is 1. The Hall–Kier alpha value is -1.48. The van der Waals surface area contributed by atoms with Crippen LogP contribution in [0.25, 0.3) is 0 Å². The van der Waals surface area contributed by atoms with Crippen molar-refractivity contribution in [3.05, 3.63) is 52.0 Å². The van der Waals surface area contributed by atoms with Crippen molar-refractivity contribution in [2.24, 2.45) is 0 Å². The van der Waals surface area contributed by atoms with Crippen LogP contribution < -0.4 is 11.1 Å². The van der Waals surface area contributed by atoms with Crippen LogP contribution in [0.1, 0.15) is 30.9 Å². The molecule has 0 radical (unpaired) electrons. The average Bonchev–Trinajstić information content (AvgIpc) is 2.36. The Bertz CT molecular complexity index is 591. The van der Waals surface area contributed by atoms with E-state index in [9.17, 15) is 0 Å². The van der Waals surface area contributed by atoms with Crippen molar-refractivity contribution in [3.63, 3.8) is 0 Å². The highest BCUT2D eigenvalue weighted by Gasteiger charge is 2.05. The second kappa shape index (κ2) is 5.66. The van der Waals surface area contributed by atoms with E-state index in [0.717, 1.165) is 27.1 Å². The van der Waals surface area contributed by atoms with Crippen LogP contribution in [-0.4, -0.2) is 0 Å². The van der Waals surface area contributed by atoms with E-state index < -0.39 is 0 Å². The number of anilines is 3. The molecule has 0 amide bonds. The van der Waals surface area contributed by atoms with Gasteiger partial charge in [0.2, 0.25) is 0 Å². The molecule has 0 unspecified atom stereocenters. The number of benzene rings is 2. The minimum absolute atomic E-state index is 0.526. The Morgan fingerprint density at radius 2 is 1.89 bits per heavy atom. The molecule has 3 N–H and O–H groups in total. The normalized spacial score (nSPS) is 10.8. The van der Waals surface area contributed by atoms with Gasteiger partial charge in [-0.2, -0.15) is 0 Å². The highest BCUT2D eigenvalue weighted by molar-refractivity contribution is 9.10. The van der Waals surface area contributed by atoms with Crippen molar-refractivity contribution in [3.8, 4) is 0 Å². The zero-order valence-corrected chi connectivity index (χ0v) is 13.1. The SMILES string of the molecule is Cc1cc(Nc2cccc(C(C)C)c2)c(Br)cc1N. The standard InChI is InChI=1S/C16H19BrN2/c1-10(2)12-5-4-6-13(8-12)19-16-7-11(3)15(18)9-14(16)17/h4-10,19H,18H2,1-3H3. The number of hydrogen-bond donors (Lipinski definition) is 2. The fraction of sp³-hybridized carbons (Fsp3) is 0.250. The first-order chi connectivity index (χ1) is 8.97. The van der Waals surface area contributed by atoms with Crippen molar-refractivity contribution in [1.29, 1.82) is 0 Å². The van der Waals surface area contributed by atoms with Gasteiger partial charge in [0.25, 0.3) is 0 Å². The molecule has 0 saturated carbocycles. The second-order valence-electron chi connectivity index (χ2n) is 5.09. The Morgan fingerprint density at radius 1 is 1.16 bits per heavy atom. The van der Waals surface area contributed by atoms with Crippen molar-refractivity contribution in [2.75, 3.05) is 11.1 Å². The summed E-state index contributed by atoms with van der Waals surface area (Å²) in [5.41, 5.74) is 11.2. The number of aryl methyl sites for hydroxylation is 1. The Kier molecular flexibility index (Phi) is 4.15. The van der Waals surface area contributed by atoms with Gasteiger partial charge in [0.15, 0.2) is 0 Å². The molecule has 19 heavy (non-hydrogen) atoms. The molecule has 0 aliphatic heterocycles. The molecule has 100 valence electrons. The van der Waals surface area contributed by atoms with E-state index in [-0.39, 0.29) is 0 Å². The van der Waals surface area contributed by atoms with Crippen molar-refractivity contribution >= 4 is 33.0 Å². The topological polar surface area (TPSA) is 38.0 Å². The van der Waals surface area contributed by atoms with Gasteiger partial charge >= 0.3 is 0 Å². The minimum atomic E-state index is 0.526. The molecular formula is C16H19BrN2. The largest absolute Gasteiger partial charge is 0.398 e. The lowest BCUT2D eigenvalue weighted by Gasteiger charge is -2.13. The van der Waals surface area contributed by atoms with Gasteiger partial charge in [-0.25, -0.2) is 0 Å². The predicted octanol–water partition coefficient (Wildman–Crippen LogP) is 5.21. The molecule has 0 spiro atoms.